The van der Waals surface area contributed by atoms with Crippen LogP contribution < -0.4 is 11.6 Å². The highest BCUT2D eigenvalue weighted by Gasteiger charge is 2.27. The van der Waals surface area contributed by atoms with E-state index in [4.69, 9.17) is 16.3 Å². The number of hydrogen-bond acceptors (Lipinski definition) is 7. The fraction of sp³-hybridized carbons (Fsp3) is 0.667. The first-order valence-corrected chi connectivity index (χ1v) is 11.6. The molecule has 7 heteroatoms. The third kappa shape index (κ3) is 8.87. The lowest BCUT2D eigenvalue weighted by atomic mass is 9.76. The van der Waals surface area contributed by atoms with Gasteiger partial charge < -0.3 is 20.6 Å². The minimum atomic E-state index is -0.251. The van der Waals surface area contributed by atoms with Crippen LogP contribution in [-0.4, -0.2) is 41.3 Å². The lowest BCUT2D eigenvalue weighted by molar-refractivity contribution is -0.144. The minimum Gasteiger partial charge on any atom is -0.466 e. The van der Waals surface area contributed by atoms with Gasteiger partial charge in [-0.15, -0.1) is 0 Å². The molecule has 1 aliphatic rings. The van der Waals surface area contributed by atoms with E-state index in [1.807, 2.05) is 47.6 Å². The van der Waals surface area contributed by atoms with Gasteiger partial charge in [0.15, 0.2) is 0 Å². The molecule has 0 bridgehead atoms. The number of likely N-dealkylation sites (N-methyl/N-ethyl adjacent to an activating group) is 1. The maximum atomic E-state index is 11.8. The highest BCUT2D eigenvalue weighted by Crippen LogP contribution is 2.38. The Morgan fingerprint density at radius 1 is 1.26 bits per heavy atom. The molecule has 1 aliphatic carbocycles. The third-order valence-corrected chi connectivity index (χ3v) is 5.27. The molecule has 31 heavy (non-hydrogen) atoms. The number of hydrogen-bond donors (Lipinski definition) is 3. The number of pyridine rings is 1. The number of nitrogens with two attached hydrogens (primary N) is 2. The van der Waals surface area contributed by atoms with Crippen molar-refractivity contribution in [3.63, 3.8) is 0 Å². The average molecular weight is 437 g/mol. The molecule has 0 radical (unpaired) electrons. The standard InChI is InChI=1S/C20H32N4O3.2C2H6/c1-4-27-19(26)11-14-6-5-7-15(10-14)16-8-9-17(23-13(16)2)20(21)18(12-25)24(3)22;2*1-2/h8-9,14-15,25H,4-7,10-12,21-22H2,1-3H3;2*1-2H3/b20-18-;;. The summed E-state index contributed by atoms with van der Waals surface area (Å²) in [5, 5.41) is 10.8. The van der Waals surface area contributed by atoms with Crippen LogP contribution in [0, 0.1) is 12.8 Å². The number of carbonyl (C=O) groups is 1. The molecule has 2 rings (SSSR count). The number of ether oxygens (including phenoxy) is 1. The van der Waals surface area contributed by atoms with E-state index in [1.54, 1.807) is 7.05 Å². The number of carbonyl (C=O) groups excluding carboxylic acids is 1. The number of hydrazine groups is 1. The largest absolute Gasteiger partial charge is 0.466 e. The molecule has 178 valence electrons. The molecule has 0 aliphatic heterocycles. The van der Waals surface area contributed by atoms with E-state index in [2.05, 4.69) is 11.1 Å². The Morgan fingerprint density at radius 3 is 2.42 bits per heavy atom. The second-order valence-electron chi connectivity index (χ2n) is 7.24. The number of rotatable bonds is 7. The molecule has 1 aromatic heterocycles. The lowest BCUT2D eigenvalue weighted by Gasteiger charge is -2.29. The van der Waals surface area contributed by atoms with Crippen molar-refractivity contribution >= 4 is 11.7 Å². The van der Waals surface area contributed by atoms with Crippen molar-refractivity contribution in [3.05, 3.63) is 34.8 Å². The molecule has 7 nitrogen and oxygen atoms in total. The number of aromatic nitrogens is 1. The van der Waals surface area contributed by atoms with Crippen molar-refractivity contribution < 1.29 is 14.6 Å². The molecule has 2 atom stereocenters. The van der Waals surface area contributed by atoms with Crippen LogP contribution in [0.1, 0.15) is 89.6 Å². The monoisotopic (exact) mass is 436 g/mol. The van der Waals surface area contributed by atoms with Crippen LogP contribution in [0.25, 0.3) is 5.70 Å². The smallest absolute Gasteiger partial charge is 0.306 e. The first-order valence-electron chi connectivity index (χ1n) is 11.6. The minimum absolute atomic E-state index is 0.103. The highest BCUT2D eigenvalue weighted by atomic mass is 16.5. The van der Waals surface area contributed by atoms with Crippen molar-refractivity contribution in [1.29, 1.82) is 0 Å². The van der Waals surface area contributed by atoms with Crippen molar-refractivity contribution in [2.24, 2.45) is 17.5 Å². The van der Waals surface area contributed by atoms with Gasteiger partial charge in [0.2, 0.25) is 0 Å². The van der Waals surface area contributed by atoms with Crippen molar-refractivity contribution in [2.45, 2.75) is 79.6 Å². The van der Waals surface area contributed by atoms with Gasteiger partial charge in [0, 0.05) is 19.2 Å². The zero-order valence-electron chi connectivity index (χ0n) is 20.6. The van der Waals surface area contributed by atoms with E-state index >= 15 is 0 Å². The van der Waals surface area contributed by atoms with Crippen LogP contribution in [0.3, 0.4) is 0 Å². The highest BCUT2D eigenvalue weighted by molar-refractivity contribution is 5.69. The van der Waals surface area contributed by atoms with Crippen LogP contribution in [0.2, 0.25) is 0 Å². The van der Waals surface area contributed by atoms with E-state index in [-0.39, 0.29) is 12.6 Å². The van der Waals surface area contributed by atoms with Crippen molar-refractivity contribution in [3.8, 4) is 0 Å². The summed E-state index contributed by atoms with van der Waals surface area (Å²) < 4.78 is 5.10. The molecule has 2 unspecified atom stereocenters. The van der Waals surface area contributed by atoms with E-state index in [9.17, 15) is 9.90 Å². The van der Waals surface area contributed by atoms with Gasteiger partial charge in [-0.25, -0.2) is 5.84 Å². The zero-order chi connectivity index (χ0) is 24.0. The Hall–Kier alpha value is -2.12. The van der Waals surface area contributed by atoms with Crippen LogP contribution >= 0.6 is 0 Å². The number of nitrogens with zero attached hydrogens (tertiary/aromatic N) is 2. The van der Waals surface area contributed by atoms with Crippen LogP contribution in [0.15, 0.2) is 17.8 Å². The van der Waals surface area contributed by atoms with Crippen molar-refractivity contribution in [1.82, 2.24) is 9.99 Å². The maximum absolute atomic E-state index is 11.8. The predicted octanol–water partition coefficient (Wildman–Crippen LogP) is 4.09. The summed E-state index contributed by atoms with van der Waals surface area (Å²) in [6, 6.07) is 3.94. The Balaban J connectivity index is 0.00000212. The van der Waals surface area contributed by atoms with Crippen LogP contribution in [-0.2, 0) is 9.53 Å². The quantitative estimate of drug-likeness (QED) is 0.335. The summed E-state index contributed by atoms with van der Waals surface area (Å²) in [6.45, 7) is 12.0. The summed E-state index contributed by atoms with van der Waals surface area (Å²) in [5.74, 6) is 6.36. The Morgan fingerprint density at radius 2 is 1.90 bits per heavy atom. The van der Waals surface area contributed by atoms with Crippen LogP contribution in [0.5, 0.6) is 0 Å². The van der Waals surface area contributed by atoms with E-state index < -0.39 is 0 Å². The normalized spacial score (nSPS) is 18.5. The summed E-state index contributed by atoms with van der Waals surface area (Å²) in [5.41, 5.74) is 9.68. The molecule has 1 saturated carbocycles. The van der Waals surface area contributed by atoms with Gasteiger partial charge in [-0.1, -0.05) is 40.2 Å². The summed E-state index contributed by atoms with van der Waals surface area (Å²) in [7, 11) is 1.63. The molecule has 0 spiro atoms. The number of aliphatic hydroxyl groups excluding tert-OH is 1. The zero-order valence-corrected chi connectivity index (χ0v) is 20.6. The number of esters is 1. The fourth-order valence-electron chi connectivity index (χ4n) is 3.90. The molecule has 5 N–H and O–H groups in total. The van der Waals surface area contributed by atoms with Crippen molar-refractivity contribution in [2.75, 3.05) is 20.3 Å². The summed E-state index contributed by atoms with van der Waals surface area (Å²) in [6.07, 6.45) is 4.73. The molecular weight excluding hydrogens is 392 g/mol. The second kappa shape index (κ2) is 15.6. The Kier molecular flexibility index (Phi) is 14.6. The Labute approximate surface area is 188 Å². The lowest BCUT2D eigenvalue weighted by Crippen LogP contribution is -2.29. The van der Waals surface area contributed by atoms with Gasteiger partial charge in [0.05, 0.1) is 30.3 Å². The number of aryl methyl sites for hydroxylation is 1. The molecule has 0 amide bonds. The first kappa shape index (κ1) is 28.9. The van der Waals surface area contributed by atoms with E-state index in [1.165, 1.54) is 10.6 Å². The predicted molar refractivity (Wildman–Crippen MR) is 128 cm³/mol. The van der Waals surface area contributed by atoms with Gasteiger partial charge in [-0.3, -0.25) is 9.78 Å². The van der Waals surface area contributed by atoms with Gasteiger partial charge in [-0.2, -0.15) is 0 Å². The molecule has 1 fully saturated rings. The second-order valence-corrected chi connectivity index (χ2v) is 7.24. The van der Waals surface area contributed by atoms with Gasteiger partial charge in [0.1, 0.15) is 0 Å². The maximum Gasteiger partial charge on any atom is 0.306 e. The summed E-state index contributed by atoms with van der Waals surface area (Å²) in [4.78, 5) is 16.4. The van der Waals surface area contributed by atoms with Gasteiger partial charge in [0.25, 0.3) is 0 Å². The Bertz CT molecular complexity index is 689. The molecule has 0 saturated heterocycles. The molecular formula is C24H44N4O3. The van der Waals surface area contributed by atoms with Crippen LogP contribution in [0.4, 0.5) is 0 Å². The van der Waals surface area contributed by atoms with Gasteiger partial charge >= 0.3 is 5.97 Å². The molecule has 1 aromatic rings. The van der Waals surface area contributed by atoms with E-state index in [0.29, 0.717) is 42.0 Å². The number of aliphatic hydroxyl groups is 1. The van der Waals surface area contributed by atoms with Gasteiger partial charge in [-0.05, 0) is 56.6 Å². The third-order valence-electron chi connectivity index (χ3n) is 5.27. The SMILES string of the molecule is CC.CC.CCOC(=O)CC1CCCC(c2ccc(/C(N)=C(\CO)N(C)N)nc2C)C1. The summed E-state index contributed by atoms with van der Waals surface area (Å²) >= 11 is 0. The average Bonchev–Trinajstić information content (AvgIpc) is 2.77. The first-order chi connectivity index (χ1) is 14.9. The fourth-order valence-corrected chi connectivity index (χ4v) is 3.90. The van der Waals surface area contributed by atoms with E-state index in [0.717, 1.165) is 31.4 Å². The molecule has 1 heterocycles. The topological polar surface area (TPSA) is 115 Å². The molecule has 0 aromatic carbocycles.